The first-order valence-electron chi connectivity index (χ1n) is 9.95. The van der Waals surface area contributed by atoms with E-state index in [1.165, 1.54) is 0 Å². The van der Waals surface area contributed by atoms with Crippen LogP contribution >= 0.6 is 0 Å². The van der Waals surface area contributed by atoms with Crippen molar-refractivity contribution < 1.29 is 18.7 Å². The zero-order chi connectivity index (χ0) is 21.6. The Balaban J connectivity index is 1.58. The fourth-order valence-electron chi connectivity index (χ4n) is 3.72. The number of amides is 1. The Hall–Kier alpha value is -2.87. The highest BCUT2D eigenvalue weighted by molar-refractivity contribution is 5.96. The number of halogens is 2. The third kappa shape index (κ3) is 3.79. The van der Waals surface area contributed by atoms with Crippen LogP contribution in [0.15, 0.2) is 24.5 Å². The predicted molar refractivity (Wildman–Crippen MR) is 111 cm³/mol. The lowest BCUT2D eigenvalue weighted by Gasteiger charge is -2.28. The molecule has 1 aliphatic heterocycles. The summed E-state index contributed by atoms with van der Waals surface area (Å²) < 4.78 is 26.2. The summed E-state index contributed by atoms with van der Waals surface area (Å²) in [5.74, 6) is -4.59. The van der Waals surface area contributed by atoms with E-state index in [4.69, 9.17) is 0 Å². The molecule has 1 fully saturated rings. The van der Waals surface area contributed by atoms with E-state index >= 15 is 0 Å². The third-order valence-electron chi connectivity index (χ3n) is 5.66. The maximum atomic E-state index is 13.1. The number of aliphatic hydroxyl groups excluding tert-OH is 1. The fourth-order valence-corrected chi connectivity index (χ4v) is 3.72. The van der Waals surface area contributed by atoms with Gasteiger partial charge in [0.15, 0.2) is 0 Å². The second-order valence-corrected chi connectivity index (χ2v) is 8.01. The molecular formula is C22H24F2N4O2. The van der Waals surface area contributed by atoms with E-state index in [-0.39, 0.29) is 5.82 Å². The first-order chi connectivity index (χ1) is 14.2. The number of carbonyl (C=O) groups is 1. The second-order valence-electron chi connectivity index (χ2n) is 8.01. The molecule has 4 rings (SSSR count). The lowest BCUT2D eigenvalue weighted by molar-refractivity contribution is -0.119. The average molecular weight is 414 g/mol. The van der Waals surface area contributed by atoms with E-state index in [1.54, 1.807) is 18.5 Å². The van der Waals surface area contributed by atoms with E-state index in [9.17, 15) is 18.7 Å². The van der Waals surface area contributed by atoms with Gasteiger partial charge in [0.2, 0.25) is 5.91 Å². The van der Waals surface area contributed by atoms with Crippen molar-refractivity contribution in [2.75, 3.05) is 23.8 Å². The summed E-state index contributed by atoms with van der Waals surface area (Å²) in [5.41, 5.74) is 5.46. The minimum atomic E-state index is -2.90. The summed E-state index contributed by atoms with van der Waals surface area (Å²) in [6, 6.07) is 3.61. The minimum Gasteiger partial charge on any atom is -0.387 e. The average Bonchev–Trinajstić information content (AvgIpc) is 3.36. The van der Waals surface area contributed by atoms with E-state index in [2.05, 4.69) is 15.3 Å². The molecule has 0 spiro atoms. The molecule has 2 aliphatic rings. The number of anilines is 2. The molecular weight excluding hydrogens is 390 g/mol. The van der Waals surface area contributed by atoms with E-state index in [0.717, 1.165) is 28.0 Å². The molecule has 2 N–H and O–H groups in total. The van der Waals surface area contributed by atoms with Crippen molar-refractivity contribution >= 4 is 29.1 Å². The molecule has 6 nitrogen and oxygen atoms in total. The smallest absolute Gasteiger partial charge is 0.260 e. The molecule has 0 aromatic carbocycles. The quantitative estimate of drug-likeness (QED) is 0.778. The molecule has 0 saturated heterocycles. The summed E-state index contributed by atoms with van der Waals surface area (Å²) in [6.45, 7) is 4.51. The molecule has 2 aromatic heterocycles. The van der Waals surface area contributed by atoms with Gasteiger partial charge in [0.05, 0.1) is 11.8 Å². The van der Waals surface area contributed by atoms with Crippen LogP contribution in [0.1, 0.15) is 48.3 Å². The van der Waals surface area contributed by atoms with Crippen molar-refractivity contribution in [1.29, 1.82) is 0 Å². The maximum Gasteiger partial charge on any atom is 0.260 e. The molecule has 2 atom stereocenters. The maximum absolute atomic E-state index is 13.1. The number of hydrogen-bond donors (Lipinski definition) is 2. The fraction of sp³-hybridized carbons (Fsp3) is 0.409. The Morgan fingerprint density at radius 3 is 2.73 bits per heavy atom. The molecule has 1 saturated carbocycles. The topological polar surface area (TPSA) is 78.4 Å². The van der Waals surface area contributed by atoms with Gasteiger partial charge < -0.3 is 15.3 Å². The van der Waals surface area contributed by atoms with E-state index < -0.39 is 30.3 Å². The molecule has 158 valence electrons. The van der Waals surface area contributed by atoms with Crippen LogP contribution in [0, 0.1) is 12.8 Å². The number of alkyl halides is 2. The van der Waals surface area contributed by atoms with Crippen LogP contribution < -0.4 is 10.2 Å². The van der Waals surface area contributed by atoms with Gasteiger partial charge in [0, 0.05) is 55.3 Å². The number of pyridine rings is 2. The molecule has 30 heavy (non-hydrogen) atoms. The molecule has 3 heterocycles. The van der Waals surface area contributed by atoms with Crippen LogP contribution in [0.25, 0.3) is 11.6 Å². The molecule has 1 aliphatic carbocycles. The van der Waals surface area contributed by atoms with Gasteiger partial charge in [-0.2, -0.15) is 0 Å². The summed E-state index contributed by atoms with van der Waals surface area (Å²) in [7, 11) is 1.92. The third-order valence-corrected chi connectivity index (χ3v) is 5.66. The minimum absolute atomic E-state index is 0.265. The van der Waals surface area contributed by atoms with Crippen LogP contribution in [0.5, 0.6) is 0 Å². The number of fused-ring (bicyclic) bond motifs is 1. The highest BCUT2D eigenvalue weighted by atomic mass is 19.3. The molecule has 0 bridgehead atoms. The molecule has 2 aromatic rings. The first kappa shape index (κ1) is 20.4. The zero-order valence-electron chi connectivity index (χ0n) is 17.1. The summed E-state index contributed by atoms with van der Waals surface area (Å²) >= 11 is 0. The Kier molecular flexibility index (Phi) is 5.05. The predicted octanol–water partition coefficient (Wildman–Crippen LogP) is 3.81. The van der Waals surface area contributed by atoms with Gasteiger partial charge in [0.25, 0.3) is 5.92 Å². The SMILES string of the molecule is CCC(O)c1cc(C)c(C2=Cc3cnc(NC(=O)[C@H]4CC4(F)F)cc3N(C)C2)cn1. The van der Waals surface area contributed by atoms with Crippen LogP contribution in [-0.4, -0.2) is 40.5 Å². The highest BCUT2D eigenvalue weighted by Gasteiger charge is 2.61. The van der Waals surface area contributed by atoms with Gasteiger partial charge >= 0.3 is 0 Å². The Labute approximate surface area is 173 Å². The zero-order valence-corrected chi connectivity index (χ0v) is 17.1. The standard InChI is InChI=1S/C22H24F2N4O2/c1-4-19(29)17-5-12(2)15(10-25-17)14-6-13-9-26-20(7-18(13)28(3)11-14)27-21(30)16-8-22(16,23)24/h5-7,9-10,16,19,29H,4,8,11H2,1-3H3,(H,26,27,30)/t16-,19?/m1/s1. The Morgan fingerprint density at radius 2 is 2.10 bits per heavy atom. The number of likely N-dealkylation sites (N-methyl/N-ethyl adjacent to an activating group) is 1. The van der Waals surface area contributed by atoms with E-state index in [0.29, 0.717) is 18.7 Å². The van der Waals surface area contributed by atoms with Crippen molar-refractivity contribution in [2.45, 2.75) is 38.7 Å². The van der Waals surface area contributed by atoms with Gasteiger partial charge in [-0.25, -0.2) is 13.8 Å². The highest BCUT2D eigenvalue weighted by Crippen LogP contribution is 2.49. The van der Waals surface area contributed by atoms with Gasteiger partial charge in [-0.1, -0.05) is 6.92 Å². The second kappa shape index (κ2) is 7.43. The van der Waals surface area contributed by atoms with Crippen molar-refractivity contribution in [1.82, 2.24) is 9.97 Å². The van der Waals surface area contributed by atoms with Crippen LogP contribution in [0.3, 0.4) is 0 Å². The van der Waals surface area contributed by atoms with Gasteiger partial charge in [-0.15, -0.1) is 0 Å². The molecule has 8 heteroatoms. The lowest BCUT2D eigenvalue weighted by Crippen LogP contribution is -2.25. The lowest BCUT2D eigenvalue weighted by atomic mass is 9.95. The number of aliphatic hydroxyl groups is 1. The number of aromatic nitrogens is 2. The number of aryl methyl sites for hydroxylation is 1. The largest absolute Gasteiger partial charge is 0.387 e. The molecule has 1 unspecified atom stereocenters. The summed E-state index contributed by atoms with van der Waals surface area (Å²) in [5, 5.41) is 12.5. The van der Waals surface area contributed by atoms with Crippen molar-refractivity contribution in [3.63, 3.8) is 0 Å². The number of nitrogens with one attached hydrogen (secondary N) is 1. The number of carbonyl (C=O) groups excluding carboxylic acids is 1. The van der Waals surface area contributed by atoms with Crippen LogP contribution in [0.2, 0.25) is 0 Å². The Bertz CT molecular complexity index is 1040. The van der Waals surface area contributed by atoms with Crippen LogP contribution in [0.4, 0.5) is 20.3 Å². The van der Waals surface area contributed by atoms with Gasteiger partial charge in [-0.3, -0.25) is 9.78 Å². The first-order valence-corrected chi connectivity index (χ1v) is 9.95. The summed E-state index contributed by atoms with van der Waals surface area (Å²) in [6.07, 6.45) is 5.05. The van der Waals surface area contributed by atoms with Crippen molar-refractivity contribution in [3.05, 3.63) is 46.9 Å². The van der Waals surface area contributed by atoms with Crippen molar-refractivity contribution in [3.8, 4) is 0 Å². The number of hydrogen-bond acceptors (Lipinski definition) is 5. The monoisotopic (exact) mass is 414 g/mol. The van der Waals surface area contributed by atoms with Crippen molar-refractivity contribution in [2.24, 2.45) is 5.92 Å². The number of nitrogens with zero attached hydrogens (tertiary/aromatic N) is 3. The van der Waals surface area contributed by atoms with Crippen LogP contribution in [-0.2, 0) is 4.79 Å². The molecule has 1 amide bonds. The van der Waals surface area contributed by atoms with Gasteiger partial charge in [0.1, 0.15) is 11.7 Å². The summed E-state index contributed by atoms with van der Waals surface area (Å²) in [4.78, 5) is 22.6. The Morgan fingerprint density at radius 1 is 1.37 bits per heavy atom. The number of rotatable bonds is 5. The van der Waals surface area contributed by atoms with E-state index in [1.807, 2.05) is 37.9 Å². The normalized spacial score (nSPS) is 20.3. The molecule has 0 radical (unpaired) electrons. The van der Waals surface area contributed by atoms with Gasteiger partial charge in [-0.05, 0) is 36.6 Å².